The molecule has 1 unspecified atom stereocenters. The summed E-state index contributed by atoms with van der Waals surface area (Å²) in [6, 6.07) is 5.54. The Morgan fingerprint density at radius 2 is 2.15 bits per heavy atom. The molecule has 20 heavy (non-hydrogen) atoms. The molecule has 0 saturated carbocycles. The summed E-state index contributed by atoms with van der Waals surface area (Å²) >= 11 is 0. The Hall–Kier alpha value is -1.71. The van der Waals surface area contributed by atoms with Gasteiger partial charge in [-0.2, -0.15) is 0 Å². The quantitative estimate of drug-likeness (QED) is 0.873. The SMILES string of the molecule is CC(C)(C)OC(=O)NCC1CCc2cc(O)ccc2C1. The maximum atomic E-state index is 11.6. The molecule has 1 aromatic carbocycles. The minimum Gasteiger partial charge on any atom is -0.508 e. The first-order chi connectivity index (χ1) is 9.33. The van der Waals surface area contributed by atoms with E-state index in [0.29, 0.717) is 18.2 Å². The number of benzene rings is 1. The van der Waals surface area contributed by atoms with Gasteiger partial charge in [0.1, 0.15) is 11.4 Å². The number of aryl methyl sites for hydroxylation is 1. The predicted octanol–water partition coefficient (Wildman–Crippen LogP) is 3.02. The molecule has 1 aliphatic carbocycles. The molecule has 2 N–H and O–H groups in total. The first-order valence-corrected chi connectivity index (χ1v) is 7.11. The molecule has 1 amide bonds. The Balaban J connectivity index is 1.85. The Labute approximate surface area is 120 Å². The molecule has 4 heteroatoms. The number of rotatable bonds is 2. The maximum Gasteiger partial charge on any atom is 0.407 e. The van der Waals surface area contributed by atoms with Crippen molar-refractivity contribution >= 4 is 6.09 Å². The summed E-state index contributed by atoms with van der Waals surface area (Å²) in [5, 5.41) is 12.3. The first-order valence-electron chi connectivity index (χ1n) is 7.11. The lowest BCUT2D eigenvalue weighted by Crippen LogP contribution is -2.36. The smallest absolute Gasteiger partial charge is 0.407 e. The molecule has 0 fully saturated rings. The number of hydrogen-bond acceptors (Lipinski definition) is 3. The number of phenolic OH excluding ortho intramolecular Hbond substituents is 1. The van der Waals surface area contributed by atoms with Gasteiger partial charge in [-0.05, 0) is 69.2 Å². The second-order valence-electron chi connectivity index (χ2n) is 6.44. The van der Waals surface area contributed by atoms with Gasteiger partial charge in [0.2, 0.25) is 0 Å². The van der Waals surface area contributed by atoms with E-state index in [2.05, 4.69) is 5.32 Å². The van der Waals surface area contributed by atoms with E-state index in [1.165, 1.54) is 11.1 Å². The van der Waals surface area contributed by atoms with Crippen LogP contribution in [0.3, 0.4) is 0 Å². The van der Waals surface area contributed by atoms with E-state index < -0.39 is 5.60 Å². The van der Waals surface area contributed by atoms with Crippen molar-refractivity contribution in [1.82, 2.24) is 5.32 Å². The van der Waals surface area contributed by atoms with E-state index >= 15 is 0 Å². The molecule has 0 bridgehead atoms. The molecule has 0 aromatic heterocycles. The molecule has 1 aliphatic rings. The van der Waals surface area contributed by atoms with Gasteiger partial charge in [-0.25, -0.2) is 4.79 Å². The van der Waals surface area contributed by atoms with Crippen molar-refractivity contribution in [2.45, 2.75) is 45.6 Å². The van der Waals surface area contributed by atoms with Crippen LogP contribution in [0.5, 0.6) is 5.75 Å². The van der Waals surface area contributed by atoms with Crippen molar-refractivity contribution in [2.75, 3.05) is 6.54 Å². The highest BCUT2D eigenvalue weighted by Gasteiger charge is 2.21. The van der Waals surface area contributed by atoms with Crippen molar-refractivity contribution in [3.63, 3.8) is 0 Å². The summed E-state index contributed by atoms with van der Waals surface area (Å²) in [7, 11) is 0. The molecule has 0 radical (unpaired) electrons. The average Bonchev–Trinajstić information content (AvgIpc) is 2.34. The molecule has 0 heterocycles. The monoisotopic (exact) mass is 277 g/mol. The lowest BCUT2D eigenvalue weighted by atomic mass is 9.84. The number of carbonyl (C=O) groups excluding carboxylic acids is 1. The molecule has 1 aromatic rings. The topological polar surface area (TPSA) is 58.6 Å². The van der Waals surface area contributed by atoms with Crippen LogP contribution in [0, 0.1) is 5.92 Å². The van der Waals surface area contributed by atoms with Crippen LogP contribution in [0.25, 0.3) is 0 Å². The van der Waals surface area contributed by atoms with Crippen LogP contribution in [0.1, 0.15) is 38.3 Å². The Morgan fingerprint density at radius 3 is 2.85 bits per heavy atom. The van der Waals surface area contributed by atoms with Gasteiger partial charge in [-0.1, -0.05) is 6.07 Å². The third kappa shape index (κ3) is 4.15. The zero-order valence-corrected chi connectivity index (χ0v) is 12.4. The van der Waals surface area contributed by atoms with Crippen molar-refractivity contribution in [2.24, 2.45) is 5.92 Å². The number of hydrogen-bond donors (Lipinski definition) is 2. The second kappa shape index (κ2) is 5.73. The first kappa shape index (κ1) is 14.7. The summed E-state index contributed by atoms with van der Waals surface area (Å²) in [6.45, 7) is 6.21. The predicted molar refractivity (Wildman–Crippen MR) is 77.9 cm³/mol. The summed E-state index contributed by atoms with van der Waals surface area (Å²) in [5.41, 5.74) is 2.03. The maximum absolute atomic E-state index is 11.6. The van der Waals surface area contributed by atoms with Crippen LogP contribution in [0.15, 0.2) is 18.2 Å². The Bertz CT molecular complexity index is 491. The second-order valence-corrected chi connectivity index (χ2v) is 6.44. The number of amides is 1. The van der Waals surface area contributed by atoms with Gasteiger partial charge in [0.25, 0.3) is 0 Å². The van der Waals surface area contributed by atoms with Gasteiger partial charge in [0.15, 0.2) is 0 Å². The highest BCUT2D eigenvalue weighted by Crippen LogP contribution is 2.27. The average molecular weight is 277 g/mol. The van der Waals surface area contributed by atoms with Crippen molar-refractivity contribution < 1.29 is 14.6 Å². The number of aromatic hydroxyl groups is 1. The molecular weight excluding hydrogens is 254 g/mol. The van der Waals surface area contributed by atoms with E-state index in [1.807, 2.05) is 32.9 Å². The fraction of sp³-hybridized carbons (Fsp3) is 0.562. The largest absolute Gasteiger partial charge is 0.508 e. The third-order valence-corrected chi connectivity index (χ3v) is 3.45. The van der Waals surface area contributed by atoms with E-state index in [1.54, 1.807) is 6.07 Å². The molecule has 0 spiro atoms. The van der Waals surface area contributed by atoms with E-state index in [9.17, 15) is 9.90 Å². The van der Waals surface area contributed by atoms with Crippen LogP contribution in [-0.2, 0) is 17.6 Å². The zero-order chi connectivity index (χ0) is 14.8. The standard InChI is InChI=1S/C16H23NO3/c1-16(2,3)20-15(19)17-10-11-4-5-13-9-14(18)7-6-12(13)8-11/h6-7,9,11,18H,4-5,8,10H2,1-3H3,(H,17,19). The summed E-state index contributed by atoms with van der Waals surface area (Å²) < 4.78 is 5.23. The fourth-order valence-corrected chi connectivity index (χ4v) is 2.53. The number of fused-ring (bicyclic) bond motifs is 1. The van der Waals surface area contributed by atoms with Crippen molar-refractivity contribution in [1.29, 1.82) is 0 Å². The fourth-order valence-electron chi connectivity index (χ4n) is 2.53. The van der Waals surface area contributed by atoms with Crippen molar-refractivity contribution in [3.05, 3.63) is 29.3 Å². The van der Waals surface area contributed by atoms with E-state index in [0.717, 1.165) is 19.3 Å². The Kier molecular flexibility index (Phi) is 4.21. The molecule has 110 valence electrons. The van der Waals surface area contributed by atoms with Crippen molar-refractivity contribution in [3.8, 4) is 5.75 Å². The highest BCUT2D eigenvalue weighted by molar-refractivity contribution is 5.67. The highest BCUT2D eigenvalue weighted by atomic mass is 16.6. The number of phenols is 1. The number of ether oxygens (including phenoxy) is 1. The van der Waals surface area contributed by atoms with Gasteiger partial charge >= 0.3 is 6.09 Å². The molecule has 4 nitrogen and oxygen atoms in total. The van der Waals surface area contributed by atoms with E-state index in [-0.39, 0.29) is 6.09 Å². The van der Waals surface area contributed by atoms with Crippen LogP contribution in [0.2, 0.25) is 0 Å². The summed E-state index contributed by atoms with van der Waals surface area (Å²) in [5.74, 6) is 0.758. The van der Waals surface area contributed by atoms with Gasteiger partial charge in [0, 0.05) is 6.54 Å². The number of alkyl carbamates (subject to hydrolysis) is 1. The number of nitrogens with one attached hydrogen (secondary N) is 1. The van der Waals surface area contributed by atoms with Crippen LogP contribution in [0.4, 0.5) is 4.79 Å². The lowest BCUT2D eigenvalue weighted by molar-refractivity contribution is 0.0518. The molecule has 0 saturated heterocycles. The van der Waals surface area contributed by atoms with Gasteiger partial charge in [-0.15, -0.1) is 0 Å². The zero-order valence-electron chi connectivity index (χ0n) is 12.4. The normalized spacial score (nSPS) is 18.2. The Morgan fingerprint density at radius 1 is 1.40 bits per heavy atom. The minimum atomic E-state index is -0.458. The van der Waals surface area contributed by atoms with Crippen LogP contribution in [-0.4, -0.2) is 23.3 Å². The summed E-state index contributed by atoms with van der Waals surface area (Å²) in [6.07, 6.45) is 2.55. The lowest BCUT2D eigenvalue weighted by Gasteiger charge is -2.26. The molecule has 0 aliphatic heterocycles. The third-order valence-electron chi connectivity index (χ3n) is 3.45. The number of carbonyl (C=O) groups is 1. The molecule has 2 rings (SSSR count). The molecular formula is C16H23NO3. The minimum absolute atomic E-state index is 0.328. The van der Waals surface area contributed by atoms with Gasteiger partial charge in [0.05, 0.1) is 0 Å². The van der Waals surface area contributed by atoms with E-state index in [4.69, 9.17) is 4.74 Å². The van der Waals surface area contributed by atoms with Crippen LogP contribution >= 0.6 is 0 Å². The van der Waals surface area contributed by atoms with Gasteiger partial charge < -0.3 is 15.2 Å². The van der Waals surface area contributed by atoms with Gasteiger partial charge in [-0.3, -0.25) is 0 Å². The molecule has 1 atom stereocenters. The summed E-state index contributed by atoms with van der Waals surface area (Å²) in [4.78, 5) is 11.6. The van der Waals surface area contributed by atoms with Crippen LogP contribution < -0.4 is 5.32 Å².